The molecule has 0 atom stereocenters. The summed E-state index contributed by atoms with van der Waals surface area (Å²) in [6, 6.07) is 9.77. The summed E-state index contributed by atoms with van der Waals surface area (Å²) in [4.78, 5) is 44.8. The molecule has 0 aliphatic heterocycles. The molecule has 1 aromatic carbocycles. The monoisotopic (exact) mass is 476 g/mol. The number of aryl methyl sites for hydroxylation is 2. The van der Waals surface area contributed by atoms with E-state index in [4.69, 9.17) is 0 Å². The fourth-order valence-electron chi connectivity index (χ4n) is 4.00. The van der Waals surface area contributed by atoms with E-state index in [1.807, 2.05) is 17.5 Å². The second-order valence-corrected chi connectivity index (χ2v) is 8.99. The summed E-state index contributed by atoms with van der Waals surface area (Å²) in [7, 11) is 0. The van der Waals surface area contributed by atoms with Crippen molar-refractivity contribution < 1.29 is 9.72 Å². The zero-order chi connectivity index (χ0) is 23.8. The van der Waals surface area contributed by atoms with Gasteiger partial charge in [-0.25, -0.2) is 4.98 Å². The molecular formula is C23H20N6O4S. The van der Waals surface area contributed by atoms with Crippen LogP contribution in [0.25, 0.3) is 16.5 Å². The summed E-state index contributed by atoms with van der Waals surface area (Å²) in [5.41, 5.74) is 2.28. The Hall–Kier alpha value is -4.12. The Labute approximate surface area is 197 Å². The van der Waals surface area contributed by atoms with E-state index >= 15 is 0 Å². The second-order valence-electron chi connectivity index (χ2n) is 8.04. The Morgan fingerprint density at radius 1 is 1.24 bits per heavy atom. The number of carbonyl (C=O) groups is 1. The minimum atomic E-state index is -0.540. The number of nitrogens with zero attached hydrogens (tertiary/aromatic N) is 4. The van der Waals surface area contributed by atoms with Gasteiger partial charge in [-0.05, 0) is 50.1 Å². The maximum atomic E-state index is 13.0. The van der Waals surface area contributed by atoms with Gasteiger partial charge in [-0.3, -0.25) is 24.7 Å². The molecule has 4 aromatic rings. The van der Waals surface area contributed by atoms with Crippen molar-refractivity contribution >= 4 is 28.7 Å². The van der Waals surface area contributed by atoms with Crippen molar-refractivity contribution in [2.75, 3.05) is 5.32 Å². The molecule has 0 fully saturated rings. The Morgan fingerprint density at radius 2 is 2.06 bits per heavy atom. The predicted octanol–water partition coefficient (Wildman–Crippen LogP) is 4.03. The van der Waals surface area contributed by atoms with Crippen LogP contribution in [0.3, 0.4) is 0 Å². The topological polar surface area (TPSA) is 136 Å². The average molecular weight is 477 g/mol. The van der Waals surface area contributed by atoms with Gasteiger partial charge in [0.25, 0.3) is 17.2 Å². The van der Waals surface area contributed by atoms with E-state index in [9.17, 15) is 19.7 Å². The van der Waals surface area contributed by atoms with Gasteiger partial charge < -0.3 is 5.32 Å². The summed E-state index contributed by atoms with van der Waals surface area (Å²) < 4.78 is 1.39. The molecule has 172 valence electrons. The van der Waals surface area contributed by atoms with E-state index < -0.39 is 10.8 Å². The molecule has 3 aromatic heterocycles. The molecule has 5 rings (SSSR count). The first-order chi connectivity index (χ1) is 16.4. The molecular weight excluding hydrogens is 456 g/mol. The number of carbonyl (C=O) groups excluding carboxylic acids is 1. The number of fused-ring (bicyclic) bond motifs is 1. The number of aromatic amines is 1. The van der Waals surface area contributed by atoms with Crippen molar-refractivity contribution in [2.24, 2.45) is 0 Å². The molecule has 0 saturated carbocycles. The number of hydrogen-bond donors (Lipinski definition) is 2. The quantitative estimate of drug-likeness (QED) is 0.330. The molecule has 0 spiro atoms. The molecule has 0 unspecified atom stereocenters. The van der Waals surface area contributed by atoms with Gasteiger partial charge in [-0.15, -0.1) is 11.3 Å². The fraction of sp³-hybridized carbons (Fsp3) is 0.217. The number of rotatable bonds is 5. The lowest BCUT2D eigenvalue weighted by atomic mass is 9.97. The molecule has 0 radical (unpaired) electrons. The molecule has 11 heteroatoms. The van der Waals surface area contributed by atoms with E-state index in [2.05, 4.69) is 20.4 Å². The molecule has 1 amide bonds. The first-order valence-electron chi connectivity index (χ1n) is 10.7. The molecule has 1 aliphatic carbocycles. The van der Waals surface area contributed by atoms with Crippen molar-refractivity contribution in [3.8, 4) is 16.5 Å². The number of benzene rings is 1. The normalized spacial score (nSPS) is 12.9. The Balaban J connectivity index is 1.57. The number of nitro benzene ring substituents is 1. The largest absolute Gasteiger partial charge is 0.306 e. The van der Waals surface area contributed by atoms with Gasteiger partial charge in [0, 0.05) is 28.8 Å². The maximum absolute atomic E-state index is 13.0. The van der Waals surface area contributed by atoms with Gasteiger partial charge in [0.05, 0.1) is 15.5 Å². The van der Waals surface area contributed by atoms with E-state index in [0.717, 1.165) is 23.4 Å². The number of H-pyrrole nitrogens is 1. The summed E-state index contributed by atoms with van der Waals surface area (Å²) in [6.45, 7) is 1.61. The third-order valence-electron chi connectivity index (χ3n) is 5.77. The van der Waals surface area contributed by atoms with Crippen LogP contribution in [0.15, 0.2) is 46.6 Å². The van der Waals surface area contributed by atoms with Crippen LogP contribution in [-0.2, 0) is 12.8 Å². The highest BCUT2D eigenvalue weighted by Gasteiger charge is 2.21. The van der Waals surface area contributed by atoms with Crippen LogP contribution in [0.4, 0.5) is 11.5 Å². The smallest absolute Gasteiger partial charge is 0.273 e. The minimum absolute atomic E-state index is 0.134. The Morgan fingerprint density at radius 3 is 2.82 bits per heavy atom. The van der Waals surface area contributed by atoms with Crippen LogP contribution in [-0.4, -0.2) is 30.6 Å². The van der Waals surface area contributed by atoms with Crippen LogP contribution < -0.4 is 10.9 Å². The van der Waals surface area contributed by atoms with E-state index in [1.54, 1.807) is 13.0 Å². The molecule has 2 N–H and O–H groups in total. The predicted molar refractivity (Wildman–Crippen MR) is 128 cm³/mol. The van der Waals surface area contributed by atoms with Gasteiger partial charge in [0.2, 0.25) is 5.95 Å². The summed E-state index contributed by atoms with van der Waals surface area (Å²) in [5, 5.41) is 20.6. The molecule has 3 heterocycles. The number of nitro groups is 1. The van der Waals surface area contributed by atoms with Crippen LogP contribution in [0.2, 0.25) is 0 Å². The van der Waals surface area contributed by atoms with Gasteiger partial charge in [0.15, 0.2) is 0 Å². The average Bonchev–Trinajstić information content (AvgIpc) is 3.49. The van der Waals surface area contributed by atoms with Crippen molar-refractivity contribution in [3.05, 3.63) is 84.6 Å². The Bertz CT molecular complexity index is 1470. The first kappa shape index (κ1) is 21.7. The molecule has 34 heavy (non-hydrogen) atoms. The number of thiophene rings is 1. The van der Waals surface area contributed by atoms with E-state index in [-0.39, 0.29) is 28.6 Å². The number of amides is 1. The van der Waals surface area contributed by atoms with Crippen molar-refractivity contribution in [2.45, 2.75) is 32.6 Å². The van der Waals surface area contributed by atoms with E-state index in [0.29, 0.717) is 29.7 Å². The summed E-state index contributed by atoms with van der Waals surface area (Å²) >= 11 is 1.49. The highest BCUT2D eigenvalue weighted by atomic mass is 32.1. The number of anilines is 1. The molecule has 10 nitrogen and oxygen atoms in total. The zero-order valence-corrected chi connectivity index (χ0v) is 19.0. The third kappa shape index (κ3) is 4.01. The zero-order valence-electron chi connectivity index (χ0n) is 18.2. The van der Waals surface area contributed by atoms with Crippen molar-refractivity contribution in [1.82, 2.24) is 19.7 Å². The lowest BCUT2D eigenvalue weighted by molar-refractivity contribution is -0.385. The lowest BCUT2D eigenvalue weighted by Gasteiger charge is -2.15. The minimum Gasteiger partial charge on any atom is -0.306 e. The van der Waals surface area contributed by atoms with Crippen molar-refractivity contribution in [1.29, 1.82) is 0 Å². The highest BCUT2D eigenvalue weighted by Crippen LogP contribution is 2.28. The molecule has 0 bridgehead atoms. The molecule has 1 aliphatic rings. The molecule has 0 saturated heterocycles. The van der Waals surface area contributed by atoms with Crippen LogP contribution in [0.5, 0.6) is 0 Å². The van der Waals surface area contributed by atoms with E-state index in [1.165, 1.54) is 34.2 Å². The number of nitrogens with one attached hydrogen (secondary N) is 2. The van der Waals surface area contributed by atoms with Crippen molar-refractivity contribution in [3.63, 3.8) is 0 Å². The summed E-state index contributed by atoms with van der Waals surface area (Å²) in [6.07, 6.45) is 3.30. The van der Waals surface area contributed by atoms with Crippen LogP contribution in [0, 0.1) is 17.0 Å². The highest BCUT2D eigenvalue weighted by molar-refractivity contribution is 7.13. The SMILES string of the molecule is Cc1ccc(C(=O)Nc2cc(-c3cccs3)nn2-c2nc3c(c(=O)[nH]2)CCCC3)cc1[N+](=O)[O-]. The van der Waals surface area contributed by atoms with Crippen LogP contribution in [0.1, 0.15) is 40.0 Å². The number of aromatic nitrogens is 4. The van der Waals surface area contributed by atoms with Crippen LogP contribution >= 0.6 is 11.3 Å². The Kier molecular flexibility index (Phi) is 5.54. The fourth-order valence-corrected chi connectivity index (χ4v) is 4.68. The third-order valence-corrected chi connectivity index (χ3v) is 6.66. The summed E-state index contributed by atoms with van der Waals surface area (Å²) in [5.74, 6) is -0.0449. The van der Waals surface area contributed by atoms with Gasteiger partial charge in [0.1, 0.15) is 11.5 Å². The van der Waals surface area contributed by atoms with Gasteiger partial charge >= 0.3 is 0 Å². The standard InChI is InChI=1S/C23H20N6O4S/c1-13-8-9-14(11-18(13)29(32)33)21(30)25-20-12-17(19-7-4-10-34-19)27-28(20)23-24-16-6-3-2-5-15(16)22(31)26-23/h4,7-12H,2-3,5-6H2,1H3,(H,25,30)(H,24,26,31). The first-order valence-corrected chi connectivity index (χ1v) is 11.6. The number of hydrogen-bond acceptors (Lipinski definition) is 7. The van der Waals surface area contributed by atoms with Gasteiger partial charge in [-0.1, -0.05) is 12.1 Å². The second kappa shape index (κ2) is 8.67. The van der Waals surface area contributed by atoms with Gasteiger partial charge in [-0.2, -0.15) is 9.78 Å². The lowest BCUT2D eigenvalue weighted by Crippen LogP contribution is -2.24. The maximum Gasteiger partial charge on any atom is 0.273 e.